The van der Waals surface area contributed by atoms with Crippen LogP contribution in [0.5, 0.6) is 0 Å². The number of fused-ring (bicyclic) bond motifs is 1. The predicted molar refractivity (Wildman–Crippen MR) is 67.0 cm³/mol. The van der Waals surface area contributed by atoms with Crippen molar-refractivity contribution in [3.8, 4) is 6.07 Å². The molecule has 116 valence electrons. The van der Waals surface area contributed by atoms with E-state index < -0.39 is 40.0 Å². The summed E-state index contributed by atoms with van der Waals surface area (Å²) in [5.41, 5.74) is 6.41. The average molecular weight is 318 g/mol. The van der Waals surface area contributed by atoms with Gasteiger partial charge in [-0.05, 0) is 19.4 Å². The van der Waals surface area contributed by atoms with Crippen molar-refractivity contribution in [1.82, 2.24) is 0 Å². The van der Waals surface area contributed by atoms with Gasteiger partial charge in [0.2, 0.25) is 5.60 Å². The third-order valence-electron chi connectivity index (χ3n) is 3.03. The average Bonchev–Trinajstić information content (AvgIpc) is 2.77. The molecular weight excluding hydrogens is 304 g/mol. The fraction of sp³-hybridized carbons (Fsp3) is 0.900. The standard InChI is InChI=1S/C10H14N4O6S/c1-9(2)18-7-8(19-9)17-6(4-13-14-12)10(7,5-11)20-21(3,15)16/h6-8H,4H2,1-3H3/t6-,7+,8-,10-/m1/s1. The van der Waals surface area contributed by atoms with Crippen molar-refractivity contribution in [2.45, 2.75) is 43.7 Å². The number of azide groups is 1. The summed E-state index contributed by atoms with van der Waals surface area (Å²) in [6, 6.07) is 1.79. The molecule has 4 atom stereocenters. The lowest BCUT2D eigenvalue weighted by Crippen LogP contribution is -2.52. The van der Waals surface area contributed by atoms with Crippen LogP contribution in [0, 0.1) is 11.3 Å². The Morgan fingerprint density at radius 1 is 1.48 bits per heavy atom. The van der Waals surface area contributed by atoms with Gasteiger partial charge in [-0.1, -0.05) is 5.11 Å². The number of hydrogen-bond donors (Lipinski definition) is 0. The third-order valence-corrected chi connectivity index (χ3v) is 3.61. The van der Waals surface area contributed by atoms with Crippen LogP contribution < -0.4 is 0 Å². The first-order valence-corrected chi connectivity index (χ1v) is 7.79. The highest BCUT2D eigenvalue weighted by molar-refractivity contribution is 7.86. The Balaban J connectivity index is 2.42. The molecule has 2 rings (SSSR count). The molecule has 0 spiro atoms. The first-order valence-electron chi connectivity index (χ1n) is 5.97. The second-order valence-corrected chi connectivity index (χ2v) is 6.73. The van der Waals surface area contributed by atoms with Crippen LogP contribution in [0.4, 0.5) is 0 Å². The van der Waals surface area contributed by atoms with Crippen molar-refractivity contribution in [3.63, 3.8) is 0 Å². The minimum Gasteiger partial charge on any atom is -0.342 e. The van der Waals surface area contributed by atoms with Crippen LogP contribution in [-0.2, 0) is 28.5 Å². The zero-order chi connectivity index (χ0) is 15.9. The van der Waals surface area contributed by atoms with Crippen LogP contribution in [0.2, 0.25) is 0 Å². The summed E-state index contributed by atoms with van der Waals surface area (Å²) >= 11 is 0. The quantitative estimate of drug-likeness (QED) is 0.316. The largest absolute Gasteiger partial charge is 0.342 e. The van der Waals surface area contributed by atoms with Crippen molar-refractivity contribution in [3.05, 3.63) is 10.4 Å². The fourth-order valence-corrected chi connectivity index (χ4v) is 3.10. The molecule has 2 saturated heterocycles. The lowest BCUT2D eigenvalue weighted by Gasteiger charge is -2.30. The fourth-order valence-electron chi connectivity index (χ4n) is 2.36. The molecule has 0 aromatic carbocycles. The summed E-state index contributed by atoms with van der Waals surface area (Å²) in [4.78, 5) is 2.57. The molecule has 2 aliphatic heterocycles. The Kier molecular flexibility index (Phi) is 3.88. The molecule has 0 N–H and O–H groups in total. The SMILES string of the molecule is CC1(C)O[C@H]2O[C@H](CN=[N+]=[N-])[C@@](C#N)(OS(C)(=O)=O)[C@H]2O1. The predicted octanol–water partition coefficient (Wildman–Crippen LogP) is 0.412. The Morgan fingerprint density at radius 3 is 2.67 bits per heavy atom. The number of hydrogen-bond acceptors (Lipinski definition) is 8. The monoisotopic (exact) mass is 318 g/mol. The molecule has 2 fully saturated rings. The van der Waals surface area contributed by atoms with E-state index in [1.165, 1.54) is 0 Å². The normalized spacial score (nSPS) is 37.5. The summed E-state index contributed by atoms with van der Waals surface area (Å²) in [5, 5.41) is 12.8. The number of nitrogens with zero attached hydrogens (tertiary/aromatic N) is 4. The van der Waals surface area contributed by atoms with E-state index in [-0.39, 0.29) is 6.54 Å². The van der Waals surface area contributed by atoms with Crippen molar-refractivity contribution >= 4 is 10.1 Å². The van der Waals surface area contributed by atoms with Gasteiger partial charge in [0.05, 0.1) is 12.8 Å². The van der Waals surface area contributed by atoms with Crippen LogP contribution in [0.1, 0.15) is 13.8 Å². The van der Waals surface area contributed by atoms with Crippen LogP contribution >= 0.6 is 0 Å². The maximum absolute atomic E-state index is 11.5. The molecule has 10 nitrogen and oxygen atoms in total. The maximum atomic E-state index is 11.5. The molecule has 0 saturated carbocycles. The molecule has 0 aromatic heterocycles. The van der Waals surface area contributed by atoms with E-state index in [0.29, 0.717) is 0 Å². The Hall–Kier alpha value is -1.41. The summed E-state index contributed by atoms with van der Waals surface area (Å²) < 4.78 is 44.4. The van der Waals surface area contributed by atoms with Gasteiger partial charge in [0.1, 0.15) is 12.2 Å². The number of ether oxygens (including phenoxy) is 3. The van der Waals surface area contributed by atoms with Gasteiger partial charge >= 0.3 is 0 Å². The van der Waals surface area contributed by atoms with Crippen LogP contribution in [-0.4, -0.2) is 51.1 Å². The molecule has 0 radical (unpaired) electrons. The minimum atomic E-state index is -3.98. The first-order chi connectivity index (χ1) is 9.63. The van der Waals surface area contributed by atoms with Crippen LogP contribution in [0.25, 0.3) is 10.4 Å². The van der Waals surface area contributed by atoms with Gasteiger partial charge in [-0.2, -0.15) is 13.7 Å². The molecule has 0 bridgehead atoms. The van der Waals surface area contributed by atoms with Crippen molar-refractivity contribution in [1.29, 1.82) is 5.26 Å². The molecule has 0 aliphatic carbocycles. The molecular formula is C10H14N4O6S. The second kappa shape index (κ2) is 5.10. The highest BCUT2D eigenvalue weighted by Crippen LogP contribution is 2.45. The van der Waals surface area contributed by atoms with Gasteiger partial charge in [0.15, 0.2) is 18.2 Å². The van der Waals surface area contributed by atoms with Crippen molar-refractivity contribution in [2.24, 2.45) is 5.11 Å². The first kappa shape index (κ1) is 16.0. The van der Waals surface area contributed by atoms with E-state index >= 15 is 0 Å². The smallest absolute Gasteiger partial charge is 0.266 e. The Morgan fingerprint density at radius 2 is 2.14 bits per heavy atom. The van der Waals surface area contributed by atoms with E-state index in [4.69, 9.17) is 23.9 Å². The van der Waals surface area contributed by atoms with E-state index in [9.17, 15) is 13.7 Å². The third kappa shape index (κ3) is 2.96. The highest BCUT2D eigenvalue weighted by Gasteiger charge is 2.66. The lowest BCUT2D eigenvalue weighted by atomic mass is 9.94. The number of rotatable bonds is 4. The molecule has 21 heavy (non-hydrogen) atoms. The Bertz CT molecular complexity index is 622. The highest BCUT2D eigenvalue weighted by atomic mass is 32.2. The molecule has 0 aromatic rings. The summed E-state index contributed by atoms with van der Waals surface area (Å²) in [6.07, 6.45) is -2.38. The van der Waals surface area contributed by atoms with Gasteiger partial charge in [-0.25, -0.2) is 4.18 Å². The molecule has 0 amide bonds. The van der Waals surface area contributed by atoms with Gasteiger partial charge in [0, 0.05) is 4.91 Å². The summed E-state index contributed by atoms with van der Waals surface area (Å²) in [5.74, 6) is -1.05. The second-order valence-electron chi connectivity index (χ2n) is 5.16. The van der Waals surface area contributed by atoms with E-state index in [2.05, 4.69) is 10.0 Å². The van der Waals surface area contributed by atoms with Crippen molar-refractivity contribution < 1.29 is 26.8 Å². The molecule has 2 heterocycles. The van der Waals surface area contributed by atoms with Gasteiger partial charge < -0.3 is 14.2 Å². The minimum absolute atomic E-state index is 0.292. The van der Waals surface area contributed by atoms with Gasteiger partial charge in [-0.15, -0.1) is 0 Å². The van der Waals surface area contributed by atoms with E-state index in [0.717, 1.165) is 6.26 Å². The van der Waals surface area contributed by atoms with Gasteiger partial charge in [-0.3, -0.25) is 0 Å². The van der Waals surface area contributed by atoms with Gasteiger partial charge in [0.25, 0.3) is 10.1 Å². The van der Waals surface area contributed by atoms with E-state index in [1.807, 2.05) is 0 Å². The zero-order valence-electron chi connectivity index (χ0n) is 11.6. The van der Waals surface area contributed by atoms with E-state index in [1.54, 1.807) is 19.9 Å². The molecule has 0 unspecified atom stereocenters. The van der Waals surface area contributed by atoms with Crippen LogP contribution in [0.15, 0.2) is 5.11 Å². The number of nitriles is 1. The Labute approximate surface area is 121 Å². The summed E-state index contributed by atoms with van der Waals surface area (Å²) in [7, 11) is -3.98. The van der Waals surface area contributed by atoms with Crippen molar-refractivity contribution in [2.75, 3.05) is 12.8 Å². The molecule has 2 aliphatic rings. The maximum Gasteiger partial charge on any atom is 0.266 e. The molecule has 11 heteroatoms. The summed E-state index contributed by atoms with van der Waals surface area (Å²) in [6.45, 7) is 2.90. The zero-order valence-corrected chi connectivity index (χ0v) is 12.4. The lowest BCUT2D eigenvalue weighted by molar-refractivity contribution is -0.217. The van der Waals surface area contributed by atoms with Crippen LogP contribution in [0.3, 0.4) is 0 Å². The topological polar surface area (TPSA) is 144 Å².